The van der Waals surface area contributed by atoms with Gasteiger partial charge in [0.2, 0.25) is 5.91 Å². The maximum absolute atomic E-state index is 11.6. The molecule has 0 bridgehead atoms. The molecule has 1 rings (SSSR count). The molecule has 18 heavy (non-hydrogen) atoms. The minimum Gasteiger partial charge on any atom is -0.494 e. The number of anilines is 1. The molecule has 0 aliphatic carbocycles. The number of unbranched alkanes of at least 4 members (excludes halogenated alkanes) is 1. The summed E-state index contributed by atoms with van der Waals surface area (Å²) >= 11 is 0. The van der Waals surface area contributed by atoms with Crippen LogP contribution in [0.4, 0.5) is 5.69 Å². The van der Waals surface area contributed by atoms with Crippen molar-refractivity contribution in [3.8, 4) is 5.75 Å². The average molecular weight is 251 g/mol. The molecule has 1 aromatic carbocycles. The minimum absolute atomic E-state index is 0.00454. The van der Waals surface area contributed by atoms with E-state index >= 15 is 0 Å². The van der Waals surface area contributed by atoms with Crippen molar-refractivity contribution in [2.24, 2.45) is 0 Å². The topological polar surface area (TPSA) is 58.6 Å². The fraction of sp³-hybridized carbons (Fsp3) is 0.500. The molecule has 0 saturated heterocycles. The zero-order chi connectivity index (χ0) is 13.4. The Balaban J connectivity index is 2.69. The van der Waals surface area contributed by atoms with Gasteiger partial charge in [-0.05, 0) is 31.5 Å². The van der Waals surface area contributed by atoms with Crippen LogP contribution in [0.2, 0.25) is 0 Å². The number of ether oxygens (including phenoxy) is 1. The summed E-state index contributed by atoms with van der Waals surface area (Å²) in [5.74, 6) is 0.663. The Morgan fingerprint density at radius 3 is 2.78 bits per heavy atom. The van der Waals surface area contributed by atoms with Gasteiger partial charge in [-0.25, -0.2) is 0 Å². The van der Waals surface area contributed by atoms with E-state index in [1.165, 1.54) is 0 Å². The highest BCUT2D eigenvalue weighted by Gasteiger charge is 2.06. The van der Waals surface area contributed by atoms with Crippen molar-refractivity contribution >= 4 is 11.6 Å². The molecule has 0 aliphatic rings. The number of hydrogen-bond donors (Lipinski definition) is 2. The van der Waals surface area contributed by atoms with Crippen molar-refractivity contribution in [3.63, 3.8) is 0 Å². The minimum atomic E-state index is -0.103. The van der Waals surface area contributed by atoms with Gasteiger partial charge < -0.3 is 15.2 Å². The quantitative estimate of drug-likeness (QED) is 0.783. The Morgan fingerprint density at radius 1 is 1.39 bits per heavy atom. The largest absolute Gasteiger partial charge is 0.494 e. The van der Waals surface area contributed by atoms with Gasteiger partial charge in [0.25, 0.3) is 0 Å². The number of rotatable bonds is 7. The van der Waals surface area contributed by atoms with E-state index in [0.29, 0.717) is 30.0 Å². The first-order valence-electron chi connectivity index (χ1n) is 6.37. The lowest BCUT2D eigenvalue weighted by molar-refractivity contribution is -0.116. The second-order valence-electron chi connectivity index (χ2n) is 4.07. The van der Waals surface area contributed by atoms with Crippen LogP contribution < -0.4 is 10.1 Å². The summed E-state index contributed by atoms with van der Waals surface area (Å²) in [5.41, 5.74) is 1.38. The van der Waals surface area contributed by atoms with Crippen LogP contribution in [-0.2, 0) is 11.4 Å². The smallest absolute Gasteiger partial charge is 0.224 e. The van der Waals surface area contributed by atoms with E-state index < -0.39 is 0 Å². The molecule has 0 unspecified atom stereocenters. The summed E-state index contributed by atoms with van der Waals surface area (Å²) < 4.78 is 5.38. The normalized spacial score (nSPS) is 10.2. The molecular formula is C14H21NO3. The van der Waals surface area contributed by atoms with Crippen LogP contribution in [0.15, 0.2) is 18.2 Å². The van der Waals surface area contributed by atoms with Crippen molar-refractivity contribution in [1.29, 1.82) is 0 Å². The molecule has 1 amide bonds. The molecule has 1 aromatic rings. The van der Waals surface area contributed by atoms with Crippen molar-refractivity contribution in [2.75, 3.05) is 11.9 Å². The molecule has 4 heteroatoms. The van der Waals surface area contributed by atoms with Crippen LogP contribution in [0, 0.1) is 0 Å². The Bertz CT molecular complexity index is 391. The fourth-order valence-corrected chi connectivity index (χ4v) is 1.64. The first kappa shape index (κ1) is 14.5. The van der Waals surface area contributed by atoms with Crippen LogP contribution in [-0.4, -0.2) is 17.6 Å². The SMILES string of the molecule is CCCCC(=O)Nc1ccc(OCC)c(CO)c1. The lowest BCUT2D eigenvalue weighted by Crippen LogP contribution is -2.11. The molecule has 0 heterocycles. The lowest BCUT2D eigenvalue weighted by Gasteiger charge is -2.11. The molecule has 0 saturated carbocycles. The molecule has 100 valence electrons. The highest BCUT2D eigenvalue weighted by molar-refractivity contribution is 5.90. The maximum atomic E-state index is 11.6. The first-order valence-corrected chi connectivity index (χ1v) is 6.37. The van der Waals surface area contributed by atoms with Crippen LogP contribution in [0.1, 0.15) is 38.7 Å². The average Bonchev–Trinajstić information content (AvgIpc) is 2.38. The fourth-order valence-electron chi connectivity index (χ4n) is 1.64. The second kappa shape index (κ2) is 7.71. The van der Waals surface area contributed by atoms with Gasteiger partial charge in [-0.15, -0.1) is 0 Å². The predicted molar refractivity (Wildman–Crippen MR) is 71.7 cm³/mol. The number of amides is 1. The third kappa shape index (κ3) is 4.37. The van der Waals surface area contributed by atoms with E-state index in [4.69, 9.17) is 4.74 Å². The predicted octanol–water partition coefficient (Wildman–Crippen LogP) is 2.71. The lowest BCUT2D eigenvalue weighted by atomic mass is 10.1. The van der Waals surface area contributed by atoms with E-state index in [1.807, 2.05) is 13.8 Å². The van der Waals surface area contributed by atoms with Gasteiger partial charge in [0.15, 0.2) is 0 Å². The van der Waals surface area contributed by atoms with Crippen LogP contribution in [0.3, 0.4) is 0 Å². The van der Waals surface area contributed by atoms with Crippen molar-refractivity contribution in [2.45, 2.75) is 39.7 Å². The van der Waals surface area contributed by atoms with Gasteiger partial charge in [-0.2, -0.15) is 0 Å². The Morgan fingerprint density at radius 2 is 2.17 bits per heavy atom. The number of hydrogen-bond acceptors (Lipinski definition) is 3. The molecule has 4 nitrogen and oxygen atoms in total. The molecule has 0 aromatic heterocycles. The Kier molecular flexibility index (Phi) is 6.22. The zero-order valence-electron chi connectivity index (χ0n) is 11.0. The summed E-state index contributed by atoms with van der Waals surface area (Å²) in [6, 6.07) is 5.30. The van der Waals surface area contributed by atoms with Crippen LogP contribution >= 0.6 is 0 Å². The number of carbonyl (C=O) groups excluding carboxylic acids is 1. The van der Waals surface area contributed by atoms with Gasteiger partial charge in [-0.3, -0.25) is 4.79 Å². The van der Waals surface area contributed by atoms with E-state index in [0.717, 1.165) is 12.8 Å². The number of carbonyl (C=O) groups is 1. The van der Waals surface area contributed by atoms with Gasteiger partial charge >= 0.3 is 0 Å². The third-order valence-electron chi connectivity index (χ3n) is 2.57. The summed E-state index contributed by atoms with van der Waals surface area (Å²) in [4.78, 5) is 11.6. The van der Waals surface area contributed by atoms with Crippen LogP contribution in [0.25, 0.3) is 0 Å². The van der Waals surface area contributed by atoms with Crippen molar-refractivity contribution in [1.82, 2.24) is 0 Å². The molecular weight excluding hydrogens is 230 g/mol. The van der Waals surface area contributed by atoms with Gasteiger partial charge in [-0.1, -0.05) is 13.3 Å². The van der Waals surface area contributed by atoms with Crippen molar-refractivity contribution < 1.29 is 14.6 Å². The Labute approximate surface area is 108 Å². The van der Waals surface area contributed by atoms with E-state index in [1.54, 1.807) is 18.2 Å². The first-order chi connectivity index (χ1) is 8.71. The highest BCUT2D eigenvalue weighted by Crippen LogP contribution is 2.23. The zero-order valence-corrected chi connectivity index (χ0v) is 11.0. The molecule has 0 aliphatic heterocycles. The van der Waals surface area contributed by atoms with E-state index in [-0.39, 0.29) is 12.5 Å². The standard InChI is InChI=1S/C14H21NO3/c1-3-5-6-14(17)15-12-7-8-13(18-4-2)11(9-12)10-16/h7-9,16H,3-6,10H2,1-2H3,(H,15,17). The van der Waals surface area contributed by atoms with E-state index in [9.17, 15) is 9.90 Å². The molecule has 0 spiro atoms. The molecule has 2 N–H and O–H groups in total. The summed E-state index contributed by atoms with van der Waals surface area (Å²) in [5, 5.41) is 12.1. The summed E-state index contributed by atoms with van der Waals surface area (Å²) in [7, 11) is 0. The number of nitrogens with one attached hydrogen (secondary N) is 1. The number of aliphatic hydroxyl groups excluding tert-OH is 1. The molecule has 0 radical (unpaired) electrons. The summed E-state index contributed by atoms with van der Waals surface area (Å²) in [6.07, 6.45) is 2.41. The van der Waals surface area contributed by atoms with Crippen molar-refractivity contribution in [3.05, 3.63) is 23.8 Å². The molecule has 0 atom stereocenters. The van der Waals surface area contributed by atoms with Gasteiger partial charge in [0.1, 0.15) is 5.75 Å². The van der Waals surface area contributed by atoms with Gasteiger partial charge in [0, 0.05) is 17.7 Å². The third-order valence-corrected chi connectivity index (χ3v) is 2.57. The second-order valence-corrected chi connectivity index (χ2v) is 4.07. The van der Waals surface area contributed by atoms with Gasteiger partial charge in [0.05, 0.1) is 13.2 Å². The molecule has 0 fully saturated rings. The number of aliphatic hydroxyl groups is 1. The monoisotopic (exact) mass is 251 g/mol. The Hall–Kier alpha value is -1.55. The summed E-state index contributed by atoms with van der Waals surface area (Å²) in [6.45, 7) is 4.39. The van der Waals surface area contributed by atoms with Crippen LogP contribution in [0.5, 0.6) is 5.75 Å². The number of benzene rings is 1. The van der Waals surface area contributed by atoms with E-state index in [2.05, 4.69) is 5.32 Å². The highest BCUT2D eigenvalue weighted by atomic mass is 16.5. The maximum Gasteiger partial charge on any atom is 0.224 e.